The van der Waals surface area contributed by atoms with Crippen LogP contribution in [0, 0.1) is 20.2 Å². The number of hydrazine groups is 1. The molecule has 0 aliphatic carbocycles. The topological polar surface area (TPSA) is 127 Å². The van der Waals surface area contributed by atoms with E-state index in [0.29, 0.717) is 5.69 Å². The van der Waals surface area contributed by atoms with Crippen molar-refractivity contribution in [2.75, 3.05) is 5.43 Å². The first kappa shape index (κ1) is 14.9. The zero-order valence-electron chi connectivity index (χ0n) is 11.1. The molecule has 0 saturated carbocycles. The lowest BCUT2D eigenvalue weighted by Gasteiger charge is -2.08. The number of nitro groups is 2. The van der Waals surface area contributed by atoms with Gasteiger partial charge in [-0.05, 0) is 12.1 Å². The van der Waals surface area contributed by atoms with Gasteiger partial charge in [0.2, 0.25) is 0 Å². The molecule has 2 N–H and O–H groups in total. The number of hydrogen-bond donors (Lipinski definition) is 2. The third kappa shape index (κ3) is 3.54. The number of non-ortho nitro benzene ring substituents is 2. The maximum atomic E-state index is 11.9. The smallest absolute Gasteiger partial charge is 0.277 e. The lowest BCUT2D eigenvalue weighted by atomic mass is 10.1. The van der Waals surface area contributed by atoms with Crippen LogP contribution in [0.25, 0.3) is 0 Å². The second-order valence-corrected chi connectivity index (χ2v) is 4.20. The van der Waals surface area contributed by atoms with E-state index in [9.17, 15) is 25.0 Å². The Kier molecular flexibility index (Phi) is 4.27. The van der Waals surface area contributed by atoms with E-state index in [-0.39, 0.29) is 5.56 Å². The van der Waals surface area contributed by atoms with Gasteiger partial charge < -0.3 is 0 Å². The lowest BCUT2D eigenvalue weighted by molar-refractivity contribution is -0.394. The second-order valence-electron chi connectivity index (χ2n) is 4.20. The summed E-state index contributed by atoms with van der Waals surface area (Å²) in [6.07, 6.45) is 0. The van der Waals surface area contributed by atoms with Crippen molar-refractivity contribution in [3.05, 3.63) is 74.3 Å². The molecule has 0 unspecified atom stereocenters. The first-order valence-corrected chi connectivity index (χ1v) is 6.02. The Morgan fingerprint density at radius 1 is 0.909 bits per heavy atom. The van der Waals surface area contributed by atoms with Gasteiger partial charge >= 0.3 is 0 Å². The predicted octanol–water partition coefficient (Wildman–Crippen LogP) is 2.26. The van der Waals surface area contributed by atoms with E-state index >= 15 is 0 Å². The fraction of sp³-hybridized carbons (Fsp3) is 0. The molecule has 0 radical (unpaired) electrons. The number of carbonyl (C=O) groups is 1. The Bertz CT molecular complexity index is 700. The molecule has 22 heavy (non-hydrogen) atoms. The summed E-state index contributed by atoms with van der Waals surface area (Å²) in [6, 6.07) is 11.4. The third-order valence-electron chi connectivity index (χ3n) is 2.68. The SMILES string of the molecule is O=C(NNc1ccccc1)c1cc([N+](=O)[O-])cc([N+](=O)[O-])c1. The van der Waals surface area contributed by atoms with E-state index < -0.39 is 27.1 Å². The summed E-state index contributed by atoms with van der Waals surface area (Å²) in [5.41, 5.74) is 4.26. The van der Waals surface area contributed by atoms with Crippen LogP contribution in [0.5, 0.6) is 0 Å². The Hall–Kier alpha value is -3.49. The van der Waals surface area contributed by atoms with Crippen LogP contribution in [0.3, 0.4) is 0 Å². The summed E-state index contributed by atoms with van der Waals surface area (Å²) in [7, 11) is 0. The van der Waals surface area contributed by atoms with Crippen LogP contribution in [0.15, 0.2) is 48.5 Å². The summed E-state index contributed by atoms with van der Waals surface area (Å²) in [6.45, 7) is 0. The Balaban J connectivity index is 2.21. The molecule has 9 heteroatoms. The van der Waals surface area contributed by atoms with E-state index in [4.69, 9.17) is 0 Å². The number of rotatable bonds is 5. The van der Waals surface area contributed by atoms with Crippen LogP contribution < -0.4 is 10.9 Å². The van der Waals surface area contributed by atoms with Gasteiger partial charge in [0.1, 0.15) is 0 Å². The van der Waals surface area contributed by atoms with Crippen molar-refractivity contribution in [3.63, 3.8) is 0 Å². The molecule has 0 atom stereocenters. The maximum Gasteiger partial charge on any atom is 0.277 e. The molecule has 2 aromatic carbocycles. The third-order valence-corrected chi connectivity index (χ3v) is 2.68. The fourth-order valence-electron chi connectivity index (χ4n) is 1.66. The van der Waals surface area contributed by atoms with Gasteiger partial charge in [-0.1, -0.05) is 18.2 Å². The first-order valence-electron chi connectivity index (χ1n) is 6.02. The normalized spacial score (nSPS) is 9.82. The van der Waals surface area contributed by atoms with Crippen molar-refractivity contribution >= 4 is 23.0 Å². The summed E-state index contributed by atoms with van der Waals surface area (Å²) < 4.78 is 0. The molecule has 9 nitrogen and oxygen atoms in total. The van der Waals surface area contributed by atoms with Crippen LogP contribution in [-0.2, 0) is 0 Å². The molecule has 2 aromatic rings. The summed E-state index contributed by atoms with van der Waals surface area (Å²) in [4.78, 5) is 31.9. The van der Waals surface area contributed by atoms with Crippen molar-refractivity contribution in [2.45, 2.75) is 0 Å². The van der Waals surface area contributed by atoms with Crippen LogP contribution >= 0.6 is 0 Å². The quantitative estimate of drug-likeness (QED) is 0.644. The highest BCUT2D eigenvalue weighted by Crippen LogP contribution is 2.22. The number of amides is 1. The van der Waals surface area contributed by atoms with E-state index in [1.54, 1.807) is 30.3 Å². The van der Waals surface area contributed by atoms with Gasteiger partial charge in [0.05, 0.1) is 27.2 Å². The number of para-hydroxylation sites is 1. The largest absolute Gasteiger partial charge is 0.298 e. The van der Waals surface area contributed by atoms with Gasteiger partial charge in [-0.25, -0.2) is 0 Å². The van der Waals surface area contributed by atoms with Gasteiger partial charge in [-0.3, -0.25) is 35.9 Å². The van der Waals surface area contributed by atoms with E-state index in [0.717, 1.165) is 18.2 Å². The van der Waals surface area contributed by atoms with Gasteiger partial charge in [0, 0.05) is 12.1 Å². The van der Waals surface area contributed by atoms with Gasteiger partial charge in [0.15, 0.2) is 0 Å². The van der Waals surface area contributed by atoms with Crippen LogP contribution in [0.1, 0.15) is 10.4 Å². The molecule has 0 spiro atoms. The molecule has 0 aromatic heterocycles. The van der Waals surface area contributed by atoms with Crippen molar-refractivity contribution in [1.82, 2.24) is 5.43 Å². The number of nitrogens with one attached hydrogen (secondary N) is 2. The molecule has 2 rings (SSSR count). The number of carbonyl (C=O) groups excluding carboxylic acids is 1. The highest BCUT2D eigenvalue weighted by atomic mass is 16.6. The fourth-order valence-corrected chi connectivity index (χ4v) is 1.66. The highest BCUT2D eigenvalue weighted by molar-refractivity contribution is 5.96. The average molecular weight is 302 g/mol. The first-order chi connectivity index (χ1) is 10.5. The minimum atomic E-state index is -0.797. The van der Waals surface area contributed by atoms with Crippen molar-refractivity contribution in [1.29, 1.82) is 0 Å². The van der Waals surface area contributed by atoms with Gasteiger partial charge in [0.25, 0.3) is 17.3 Å². The second kappa shape index (κ2) is 6.31. The molecule has 112 valence electrons. The molecular weight excluding hydrogens is 292 g/mol. The van der Waals surface area contributed by atoms with Gasteiger partial charge in [-0.2, -0.15) is 0 Å². The van der Waals surface area contributed by atoms with Crippen LogP contribution in [0.4, 0.5) is 17.1 Å². The Labute approximate surface area is 123 Å². The zero-order valence-corrected chi connectivity index (χ0v) is 11.1. The number of hydrogen-bond acceptors (Lipinski definition) is 6. The van der Waals surface area contributed by atoms with Crippen molar-refractivity contribution in [3.8, 4) is 0 Å². The molecule has 0 saturated heterocycles. The monoisotopic (exact) mass is 302 g/mol. The number of anilines is 1. The van der Waals surface area contributed by atoms with Gasteiger partial charge in [-0.15, -0.1) is 0 Å². The van der Waals surface area contributed by atoms with Crippen molar-refractivity contribution in [2.24, 2.45) is 0 Å². The molecule has 0 aliphatic heterocycles. The minimum Gasteiger partial charge on any atom is -0.298 e. The number of benzene rings is 2. The standard InChI is InChI=1S/C13H10N4O5/c18-13(15-14-10-4-2-1-3-5-10)9-6-11(16(19)20)8-12(7-9)17(21)22/h1-8,14H,(H,15,18). The van der Waals surface area contributed by atoms with Crippen molar-refractivity contribution < 1.29 is 14.6 Å². The molecule has 0 fully saturated rings. The predicted molar refractivity (Wildman–Crippen MR) is 77.3 cm³/mol. The Morgan fingerprint density at radius 3 is 1.95 bits per heavy atom. The summed E-state index contributed by atoms with van der Waals surface area (Å²) in [5.74, 6) is -0.726. The maximum absolute atomic E-state index is 11.9. The van der Waals surface area contributed by atoms with E-state index in [2.05, 4.69) is 10.9 Å². The summed E-state index contributed by atoms with van der Waals surface area (Å²) in [5, 5.41) is 21.5. The van der Waals surface area contributed by atoms with Crippen LogP contribution in [-0.4, -0.2) is 15.8 Å². The molecular formula is C13H10N4O5. The molecule has 0 bridgehead atoms. The van der Waals surface area contributed by atoms with E-state index in [1.807, 2.05) is 0 Å². The molecule has 1 amide bonds. The highest BCUT2D eigenvalue weighted by Gasteiger charge is 2.19. The Morgan fingerprint density at radius 2 is 1.45 bits per heavy atom. The minimum absolute atomic E-state index is 0.190. The lowest BCUT2D eigenvalue weighted by Crippen LogP contribution is -2.29. The zero-order chi connectivity index (χ0) is 16.1. The average Bonchev–Trinajstić information content (AvgIpc) is 2.53. The number of nitrogens with zero attached hydrogens (tertiary/aromatic N) is 2. The van der Waals surface area contributed by atoms with Crippen LogP contribution in [0.2, 0.25) is 0 Å². The summed E-state index contributed by atoms with van der Waals surface area (Å²) >= 11 is 0. The molecule has 0 heterocycles. The van der Waals surface area contributed by atoms with E-state index in [1.165, 1.54) is 0 Å². The molecule has 0 aliphatic rings. The number of nitro benzene ring substituents is 2.